The maximum absolute atomic E-state index is 5.50. The fourth-order valence-electron chi connectivity index (χ4n) is 0.814. The van der Waals surface area contributed by atoms with Crippen molar-refractivity contribution >= 4 is 21.7 Å². The molecule has 0 aromatic carbocycles. The van der Waals surface area contributed by atoms with Crippen LogP contribution in [-0.2, 0) is 4.74 Å². The third-order valence-corrected chi connectivity index (χ3v) is 1.76. The van der Waals surface area contributed by atoms with E-state index in [4.69, 9.17) is 15.2 Å². The van der Waals surface area contributed by atoms with E-state index in [-0.39, 0.29) is 6.01 Å². The molecule has 0 saturated heterocycles. The summed E-state index contributed by atoms with van der Waals surface area (Å²) in [5.74, 6) is 0.373. The average Bonchev–Trinajstić information content (AvgIpc) is 2.11. The van der Waals surface area contributed by atoms with Gasteiger partial charge in [-0.2, -0.15) is 9.97 Å². The Labute approximate surface area is 90.8 Å². The normalized spacial score (nSPS) is 10.1. The van der Waals surface area contributed by atoms with Crippen molar-refractivity contribution in [2.24, 2.45) is 0 Å². The highest BCUT2D eigenvalue weighted by Gasteiger charge is 2.00. The molecule has 6 heteroatoms. The van der Waals surface area contributed by atoms with E-state index in [9.17, 15) is 0 Å². The van der Waals surface area contributed by atoms with Crippen molar-refractivity contribution < 1.29 is 9.47 Å². The molecule has 1 heterocycles. The SMILES string of the molecule is CCOCCOc1nc(N)cc(Br)n1. The fraction of sp³-hybridized carbons (Fsp3) is 0.500. The summed E-state index contributed by atoms with van der Waals surface area (Å²) in [5, 5.41) is 0. The molecule has 0 radical (unpaired) electrons. The third kappa shape index (κ3) is 3.89. The number of hydrogen-bond acceptors (Lipinski definition) is 5. The van der Waals surface area contributed by atoms with Crippen LogP contribution in [0.2, 0.25) is 0 Å². The Bertz CT molecular complexity index is 276. The second-order valence-electron chi connectivity index (χ2n) is 2.44. The van der Waals surface area contributed by atoms with Crippen molar-refractivity contribution in [3.05, 3.63) is 10.7 Å². The molecule has 0 spiro atoms. The zero-order valence-electron chi connectivity index (χ0n) is 7.86. The van der Waals surface area contributed by atoms with Gasteiger partial charge in [-0.3, -0.25) is 0 Å². The molecule has 0 aliphatic rings. The van der Waals surface area contributed by atoms with Gasteiger partial charge in [0.2, 0.25) is 0 Å². The van der Waals surface area contributed by atoms with Crippen LogP contribution in [0.25, 0.3) is 0 Å². The molecule has 0 bridgehead atoms. The molecule has 0 amide bonds. The minimum absolute atomic E-state index is 0.261. The van der Waals surface area contributed by atoms with Crippen LogP contribution in [0.5, 0.6) is 6.01 Å². The summed E-state index contributed by atoms with van der Waals surface area (Å²) in [6, 6.07) is 1.87. The van der Waals surface area contributed by atoms with E-state index in [2.05, 4.69) is 25.9 Å². The minimum Gasteiger partial charge on any atom is -0.461 e. The highest BCUT2D eigenvalue weighted by atomic mass is 79.9. The van der Waals surface area contributed by atoms with Gasteiger partial charge in [-0.1, -0.05) is 0 Å². The van der Waals surface area contributed by atoms with Crippen LogP contribution in [0.1, 0.15) is 6.92 Å². The summed E-state index contributed by atoms with van der Waals surface area (Å²) in [5.41, 5.74) is 5.50. The highest BCUT2D eigenvalue weighted by molar-refractivity contribution is 9.10. The quantitative estimate of drug-likeness (QED) is 0.638. The lowest BCUT2D eigenvalue weighted by molar-refractivity contribution is 0.106. The first-order valence-corrected chi connectivity index (χ1v) is 5.02. The average molecular weight is 262 g/mol. The van der Waals surface area contributed by atoms with Gasteiger partial charge in [-0.05, 0) is 22.9 Å². The number of nitrogen functional groups attached to an aromatic ring is 1. The van der Waals surface area contributed by atoms with E-state index in [0.29, 0.717) is 30.2 Å². The zero-order chi connectivity index (χ0) is 10.4. The van der Waals surface area contributed by atoms with E-state index in [1.165, 1.54) is 0 Å². The number of anilines is 1. The van der Waals surface area contributed by atoms with E-state index >= 15 is 0 Å². The first-order valence-electron chi connectivity index (χ1n) is 4.23. The Morgan fingerprint density at radius 2 is 2.21 bits per heavy atom. The molecule has 0 aliphatic carbocycles. The zero-order valence-corrected chi connectivity index (χ0v) is 9.45. The Morgan fingerprint density at radius 1 is 1.43 bits per heavy atom. The van der Waals surface area contributed by atoms with Crippen LogP contribution in [-0.4, -0.2) is 29.8 Å². The summed E-state index contributed by atoms with van der Waals surface area (Å²) in [4.78, 5) is 7.87. The maximum Gasteiger partial charge on any atom is 0.319 e. The third-order valence-electron chi connectivity index (χ3n) is 1.36. The summed E-state index contributed by atoms with van der Waals surface area (Å²) in [6.45, 7) is 3.54. The molecule has 1 aromatic rings. The predicted molar refractivity (Wildman–Crippen MR) is 56.1 cm³/mol. The number of nitrogens with zero attached hydrogens (tertiary/aromatic N) is 2. The van der Waals surface area contributed by atoms with Gasteiger partial charge in [0.05, 0.1) is 6.61 Å². The molecule has 0 aliphatic heterocycles. The van der Waals surface area contributed by atoms with Crippen LogP contribution in [0.15, 0.2) is 10.7 Å². The lowest BCUT2D eigenvalue weighted by atomic mass is 10.6. The second kappa shape index (κ2) is 5.77. The van der Waals surface area contributed by atoms with Crippen LogP contribution in [0.4, 0.5) is 5.82 Å². The molecule has 1 rings (SSSR count). The number of hydrogen-bond donors (Lipinski definition) is 1. The Balaban J connectivity index is 2.42. The van der Waals surface area contributed by atoms with Crippen molar-refractivity contribution in [2.75, 3.05) is 25.6 Å². The van der Waals surface area contributed by atoms with Crippen molar-refractivity contribution in [1.82, 2.24) is 9.97 Å². The molecule has 2 N–H and O–H groups in total. The molecule has 1 aromatic heterocycles. The van der Waals surface area contributed by atoms with E-state index < -0.39 is 0 Å². The Morgan fingerprint density at radius 3 is 2.86 bits per heavy atom. The van der Waals surface area contributed by atoms with E-state index in [1.807, 2.05) is 6.92 Å². The molecule has 5 nitrogen and oxygen atoms in total. The molecule has 78 valence electrons. The molecular formula is C8H12BrN3O2. The van der Waals surface area contributed by atoms with Crippen molar-refractivity contribution in [2.45, 2.75) is 6.92 Å². The topological polar surface area (TPSA) is 70.3 Å². The number of aromatic nitrogens is 2. The minimum atomic E-state index is 0.261. The number of rotatable bonds is 5. The molecule has 0 saturated carbocycles. The number of ether oxygens (including phenoxy) is 2. The lowest BCUT2D eigenvalue weighted by Crippen LogP contribution is -2.09. The smallest absolute Gasteiger partial charge is 0.319 e. The van der Waals surface area contributed by atoms with Gasteiger partial charge >= 0.3 is 6.01 Å². The van der Waals surface area contributed by atoms with Crippen molar-refractivity contribution in [1.29, 1.82) is 0 Å². The Kier molecular flexibility index (Phi) is 4.61. The van der Waals surface area contributed by atoms with Gasteiger partial charge in [-0.25, -0.2) is 0 Å². The first-order chi connectivity index (χ1) is 6.72. The van der Waals surface area contributed by atoms with Gasteiger partial charge in [0.1, 0.15) is 17.0 Å². The van der Waals surface area contributed by atoms with Crippen LogP contribution in [0, 0.1) is 0 Å². The second-order valence-corrected chi connectivity index (χ2v) is 3.26. The van der Waals surface area contributed by atoms with Gasteiger partial charge in [-0.15, -0.1) is 0 Å². The molecule has 14 heavy (non-hydrogen) atoms. The van der Waals surface area contributed by atoms with Crippen LogP contribution in [0.3, 0.4) is 0 Å². The van der Waals surface area contributed by atoms with Crippen LogP contribution < -0.4 is 10.5 Å². The standard InChI is InChI=1S/C8H12BrN3O2/c1-2-13-3-4-14-8-11-6(9)5-7(10)12-8/h5H,2-4H2,1H3,(H2,10,11,12). The summed E-state index contributed by atoms with van der Waals surface area (Å²) < 4.78 is 10.9. The first kappa shape index (κ1) is 11.2. The van der Waals surface area contributed by atoms with E-state index in [1.54, 1.807) is 6.07 Å². The lowest BCUT2D eigenvalue weighted by Gasteiger charge is -2.04. The van der Waals surface area contributed by atoms with Crippen LogP contribution >= 0.6 is 15.9 Å². The number of halogens is 1. The van der Waals surface area contributed by atoms with Gasteiger partial charge in [0.15, 0.2) is 0 Å². The van der Waals surface area contributed by atoms with E-state index in [0.717, 1.165) is 0 Å². The molecule has 0 atom stereocenters. The largest absolute Gasteiger partial charge is 0.461 e. The van der Waals surface area contributed by atoms with Gasteiger partial charge < -0.3 is 15.2 Å². The Hall–Kier alpha value is -0.880. The molecule has 0 unspecified atom stereocenters. The molecular weight excluding hydrogens is 250 g/mol. The summed E-state index contributed by atoms with van der Waals surface area (Å²) in [7, 11) is 0. The van der Waals surface area contributed by atoms with Gasteiger partial charge in [0.25, 0.3) is 0 Å². The summed E-state index contributed by atoms with van der Waals surface area (Å²) >= 11 is 3.19. The monoisotopic (exact) mass is 261 g/mol. The number of nitrogens with two attached hydrogens (primary N) is 1. The maximum atomic E-state index is 5.50. The van der Waals surface area contributed by atoms with Gasteiger partial charge in [0, 0.05) is 12.7 Å². The van der Waals surface area contributed by atoms with Crippen molar-refractivity contribution in [3.63, 3.8) is 0 Å². The molecule has 0 fully saturated rings. The fourth-order valence-corrected chi connectivity index (χ4v) is 1.20. The van der Waals surface area contributed by atoms with Crippen molar-refractivity contribution in [3.8, 4) is 6.01 Å². The predicted octanol–water partition coefficient (Wildman–Crippen LogP) is 1.24. The highest BCUT2D eigenvalue weighted by Crippen LogP contribution is 2.13. The summed E-state index contributed by atoms with van der Waals surface area (Å²) in [6.07, 6.45) is 0.